The zero-order valence-electron chi connectivity index (χ0n) is 12.4. The van der Waals surface area contributed by atoms with Gasteiger partial charge in [0, 0.05) is 17.7 Å². The van der Waals surface area contributed by atoms with Gasteiger partial charge in [-0.2, -0.15) is 0 Å². The Morgan fingerprint density at radius 3 is 2.71 bits per heavy atom. The summed E-state index contributed by atoms with van der Waals surface area (Å²) in [6.45, 7) is 4.49. The first kappa shape index (κ1) is 16.7. The van der Waals surface area contributed by atoms with Crippen molar-refractivity contribution in [2.24, 2.45) is 5.73 Å². The third kappa shape index (κ3) is 5.28. The van der Waals surface area contributed by atoms with Crippen molar-refractivity contribution in [2.45, 2.75) is 13.8 Å². The highest BCUT2D eigenvalue weighted by atomic mass is 16.5. The number of nitrogens with zero attached hydrogens (tertiary/aromatic N) is 1. The molecule has 0 spiro atoms. The molecule has 0 bridgehead atoms. The fourth-order valence-electron chi connectivity index (χ4n) is 1.76. The number of carbonyl (C=O) groups excluding carboxylic acids is 2. The maximum Gasteiger partial charge on any atom is 0.325 e. The minimum absolute atomic E-state index is 0.0537. The molecule has 1 aromatic rings. The Labute approximate surface area is 125 Å². The van der Waals surface area contributed by atoms with Crippen LogP contribution in [0, 0.1) is 11.8 Å². The molecule has 0 atom stereocenters. The van der Waals surface area contributed by atoms with Gasteiger partial charge >= 0.3 is 5.97 Å². The van der Waals surface area contributed by atoms with Crippen LogP contribution in [0.3, 0.4) is 0 Å². The zero-order valence-corrected chi connectivity index (χ0v) is 12.4. The van der Waals surface area contributed by atoms with Crippen LogP contribution in [0.1, 0.15) is 29.8 Å². The standard InChI is InChI=1S/C16H20N2O3/c1-3-18(12-15(19)21-4-2)16(20)14-9-5-7-13(11-14)8-6-10-17/h5,7,9,11H,3-4,10,12,17H2,1-2H3. The van der Waals surface area contributed by atoms with Crippen LogP contribution in [0.15, 0.2) is 24.3 Å². The van der Waals surface area contributed by atoms with Gasteiger partial charge in [-0.3, -0.25) is 9.59 Å². The third-order valence-corrected chi connectivity index (χ3v) is 2.74. The van der Waals surface area contributed by atoms with Gasteiger partial charge in [-0.1, -0.05) is 17.9 Å². The molecular formula is C16H20N2O3. The van der Waals surface area contributed by atoms with Crippen LogP contribution in [0.5, 0.6) is 0 Å². The molecule has 0 aliphatic heterocycles. The molecular weight excluding hydrogens is 268 g/mol. The summed E-state index contributed by atoms with van der Waals surface area (Å²) < 4.78 is 4.87. The van der Waals surface area contributed by atoms with Crippen molar-refractivity contribution in [2.75, 3.05) is 26.2 Å². The second-order valence-electron chi connectivity index (χ2n) is 4.21. The average molecular weight is 288 g/mol. The fraction of sp³-hybridized carbons (Fsp3) is 0.375. The summed E-state index contributed by atoms with van der Waals surface area (Å²) in [6.07, 6.45) is 0. The molecule has 0 aliphatic rings. The first-order chi connectivity index (χ1) is 10.1. The van der Waals surface area contributed by atoms with Crippen LogP contribution in [0.25, 0.3) is 0 Å². The van der Waals surface area contributed by atoms with Gasteiger partial charge in [0.25, 0.3) is 5.91 Å². The SMILES string of the molecule is CCOC(=O)CN(CC)C(=O)c1cccc(C#CCN)c1. The summed E-state index contributed by atoms with van der Waals surface area (Å²) in [5.41, 5.74) is 6.54. The fourth-order valence-corrected chi connectivity index (χ4v) is 1.76. The van der Waals surface area contributed by atoms with Crippen LogP contribution in [-0.4, -0.2) is 43.0 Å². The lowest BCUT2D eigenvalue weighted by Crippen LogP contribution is -2.36. The predicted octanol–water partition coefficient (Wildman–Crippen LogP) is 1.02. The van der Waals surface area contributed by atoms with Crippen LogP contribution < -0.4 is 5.73 Å². The third-order valence-electron chi connectivity index (χ3n) is 2.74. The van der Waals surface area contributed by atoms with Gasteiger partial charge in [0.1, 0.15) is 6.54 Å². The summed E-state index contributed by atoms with van der Waals surface area (Å²) in [4.78, 5) is 25.3. The number of hydrogen-bond donors (Lipinski definition) is 1. The van der Waals surface area contributed by atoms with E-state index < -0.39 is 5.97 Å². The second kappa shape index (κ2) is 8.77. The van der Waals surface area contributed by atoms with Crippen molar-refractivity contribution >= 4 is 11.9 Å². The minimum Gasteiger partial charge on any atom is -0.465 e. The van der Waals surface area contributed by atoms with Crippen LogP contribution >= 0.6 is 0 Å². The maximum atomic E-state index is 12.4. The van der Waals surface area contributed by atoms with Gasteiger partial charge in [0.2, 0.25) is 0 Å². The highest BCUT2D eigenvalue weighted by molar-refractivity contribution is 5.96. The van der Waals surface area contributed by atoms with Crippen molar-refractivity contribution in [1.82, 2.24) is 4.90 Å². The van der Waals surface area contributed by atoms with E-state index in [0.29, 0.717) is 18.7 Å². The zero-order chi connectivity index (χ0) is 15.7. The number of likely N-dealkylation sites (N-methyl/N-ethyl adjacent to an activating group) is 1. The molecule has 0 unspecified atom stereocenters. The molecule has 0 aliphatic carbocycles. The Morgan fingerprint density at radius 2 is 2.10 bits per heavy atom. The molecule has 0 radical (unpaired) electrons. The van der Waals surface area contributed by atoms with Crippen LogP contribution in [-0.2, 0) is 9.53 Å². The lowest BCUT2D eigenvalue weighted by atomic mass is 10.1. The van der Waals surface area contributed by atoms with Crippen molar-refractivity contribution in [3.05, 3.63) is 35.4 Å². The van der Waals surface area contributed by atoms with Gasteiger partial charge in [-0.15, -0.1) is 0 Å². The summed E-state index contributed by atoms with van der Waals surface area (Å²) in [6, 6.07) is 6.95. The van der Waals surface area contributed by atoms with E-state index >= 15 is 0 Å². The van der Waals surface area contributed by atoms with Gasteiger partial charge in [0.05, 0.1) is 13.2 Å². The summed E-state index contributed by atoms with van der Waals surface area (Å²) in [5, 5.41) is 0. The first-order valence-electron chi connectivity index (χ1n) is 6.86. The van der Waals surface area contributed by atoms with E-state index in [1.54, 1.807) is 31.2 Å². The molecule has 0 aromatic heterocycles. The predicted molar refractivity (Wildman–Crippen MR) is 80.6 cm³/mol. The maximum absolute atomic E-state index is 12.4. The largest absolute Gasteiger partial charge is 0.465 e. The van der Waals surface area contributed by atoms with Crippen LogP contribution in [0.2, 0.25) is 0 Å². The van der Waals surface area contributed by atoms with E-state index in [4.69, 9.17) is 10.5 Å². The average Bonchev–Trinajstić information content (AvgIpc) is 2.50. The molecule has 0 fully saturated rings. The van der Waals surface area contributed by atoms with E-state index in [0.717, 1.165) is 5.56 Å². The molecule has 2 N–H and O–H groups in total. The quantitative estimate of drug-likeness (QED) is 0.648. The van der Waals surface area contributed by atoms with E-state index in [1.807, 2.05) is 6.92 Å². The van der Waals surface area contributed by atoms with Crippen molar-refractivity contribution in [3.63, 3.8) is 0 Å². The normalized spacial score (nSPS) is 9.48. The molecule has 1 aromatic carbocycles. The molecule has 0 saturated heterocycles. The number of ether oxygens (including phenoxy) is 1. The summed E-state index contributed by atoms with van der Waals surface area (Å²) >= 11 is 0. The molecule has 0 heterocycles. The molecule has 5 nitrogen and oxygen atoms in total. The molecule has 0 saturated carbocycles. The van der Waals surface area contributed by atoms with Crippen LogP contribution in [0.4, 0.5) is 0 Å². The lowest BCUT2D eigenvalue weighted by molar-refractivity contribution is -0.143. The lowest BCUT2D eigenvalue weighted by Gasteiger charge is -2.19. The molecule has 1 rings (SSSR count). The Hall–Kier alpha value is -2.32. The number of carbonyl (C=O) groups is 2. The highest BCUT2D eigenvalue weighted by Crippen LogP contribution is 2.08. The van der Waals surface area contributed by atoms with Gasteiger partial charge in [-0.25, -0.2) is 0 Å². The topological polar surface area (TPSA) is 72.6 Å². The molecule has 21 heavy (non-hydrogen) atoms. The van der Waals surface area contributed by atoms with Gasteiger partial charge in [-0.05, 0) is 32.0 Å². The smallest absolute Gasteiger partial charge is 0.325 e. The van der Waals surface area contributed by atoms with Gasteiger partial charge in [0.15, 0.2) is 0 Å². The van der Waals surface area contributed by atoms with E-state index in [1.165, 1.54) is 4.90 Å². The number of rotatable bonds is 5. The number of hydrogen-bond acceptors (Lipinski definition) is 4. The molecule has 1 amide bonds. The van der Waals surface area contributed by atoms with Crippen molar-refractivity contribution in [1.29, 1.82) is 0 Å². The van der Waals surface area contributed by atoms with E-state index in [9.17, 15) is 9.59 Å². The summed E-state index contributed by atoms with van der Waals surface area (Å²) in [5.74, 6) is 4.99. The Bertz CT molecular complexity index is 558. The Kier molecular flexibility index (Phi) is 6.99. The number of amides is 1. The van der Waals surface area contributed by atoms with Gasteiger partial charge < -0.3 is 15.4 Å². The van der Waals surface area contributed by atoms with Crippen molar-refractivity contribution < 1.29 is 14.3 Å². The second-order valence-corrected chi connectivity index (χ2v) is 4.21. The number of esters is 1. The van der Waals surface area contributed by atoms with E-state index in [2.05, 4.69) is 11.8 Å². The van der Waals surface area contributed by atoms with E-state index in [-0.39, 0.29) is 19.0 Å². The monoisotopic (exact) mass is 288 g/mol. The number of nitrogens with two attached hydrogens (primary N) is 1. The Morgan fingerprint density at radius 1 is 1.33 bits per heavy atom. The molecule has 5 heteroatoms. The first-order valence-corrected chi connectivity index (χ1v) is 6.86. The summed E-state index contributed by atoms with van der Waals surface area (Å²) in [7, 11) is 0. The molecule has 112 valence electrons. The Balaban J connectivity index is 2.87. The van der Waals surface area contributed by atoms with Crippen molar-refractivity contribution in [3.8, 4) is 11.8 Å². The minimum atomic E-state index is -0.410. The highest BCUT2D eigenvalue weighted by Gasteiger charge is 2.17. The number of benzene rings is 1.